The zero-order chi connectivity index (χ0) is 7.00. The molecular weight excluding hydrogens is 148 g/mol. The van der Waals surface area contributed by atoms with Gasteiger partial charge in [-0.05, 0) is 11.6 Å². The highest BCUT2D eigenvalue weighted by Gasteiger charge is 2.55. The highest BCUT2D eigenvalue weighted by molar-refractivity contribution is 6.22. The van der Waals surface area contributed by atoms with Gasteiger partial charge in [0, 0.05) is 0 Å². The molecule has 0 fully saturated rings. The van der Waals surface area contributed by atoms with E-state index in [1.54, 1.807) is 0 Å². The quantitative estimate of drug-likeness (QED) is 0.503. The fourth-order valence-corrected chi connectivity index (χ4v) is 0. The van der Waals surface area contributed by atoms with Crippen LogP contribution in [0.4, 0.5) is 13.2 Å². The van der Waals surface area contributed by atoms with Gasteiger partial charge in [0.15, 0.2) is 0 Å². The SMILES string of the molecule is [O]C(F)(F)C([O])(F)Cl. The van der Waals surface area contributed by atoms with Crippen molar-refractivity contribution in [3.63, 3.8) is 0 Å². The van der Waals surface area contributed by atoms with E-state index in [1.165, 1.54) is 0 Å². The molecule has 0 aliphatic rings. The van der Waals surface area contributed by atoms with Crippen molar-refractivity contribution in [3.05, 3.63) is 0 Å². The number of rotatable bonds is 1. The van der Waals surface area contributed by atoms with Crippen LogP contribution in [-0.4, -0.2) is 11.4 Å². The molecule has 2 nitrogen and oxygen atoms in total. The van der Waals surface area contributed by atoms with Gasteiger partial charge in [-0.3, -0.25) is 0 Å². The lowest BCUT2D eigenvalue weighted by molar-refractivity contribution is -0.359. The molecule has 0 aliphatic heterocycles. The first kappa shape index (κ1) is 8.00. The second-order valence-corrected chi connectivity index (χ2v) is 1.52. The van der Waals surface area contributed by atoms with Crippen LogP contribution in [0.25, 0.3) is 0 Å². The standard InChI is InChI=1S/C2ClF3O2/c3-1(4,7)2(5,6)8. The van der Waals surface area contributed by atoms with Crippen molar-refractivity contribution < 1.29 is 23.4 Å². The molecule has 2 radical (unpaired) electrons. The van der Waals surface area contributed by atoms with Crippen LogP contribution in [-0.2, 0) is 10.2 Å². The third-order valence-corrected chi connectivity index (χ3v) is 0.559. The van der Waals surface area contributed by atoms with Crippen LogP contribution >= 0.6 is 11.6 Å². The molecule has 0 heterocycles. The van der Waals surface area contributed by atoms with Gasteiger partial charge < -0.3 is 0 Å². The Balaban J connectivity index is 4.02. The maximum atomic E-state index is 11.0. The first-order valence-corrected chi connectivity index (χ1v) is 1.79. The second kappa shape index (κ2) is 1.75. The molecule has 0 amide bonds. The topological polar surface area (TPSA) is 39.8 Å². The Morgan fingerprint density at radius 2 is 1.25 bits per heavy atom. The van der Waals surface area contributed by atoms with Crippen molar-refractivity contribution in [3.8, 4) is 0 Å². The van der Waals surface area contributed by atoms with Gasteiger partial charge in [-0.25, -0.2) is 0 Å². The Bertz CT molecular complexity index is 70.3. The molecule has 1 unspecified atom stereocenters. The van der Waals surface area contributed by atoms with E-state index in [-0.39, 0.29) is 0 Å². The van der Waals surface area contributed by atoms with Crippen molar-refractivity contribution in [2.45, 2.75) is 11.4 Å². The molecule has 0 bridgehead atoms. The average Bonchev–Trinajstić information content (AvgIpc) is 1.25. The average molecular weight is 148 g/mol. The van der Waals surface area contributed by atoms with Crippen molar-refractivity contribution in [2.24, 2.45) is 0 Å². The van der Waals surface area contributed by atoms with E-state index in [2.05, 4.69) is 11.6 Å². The largest absolute Gasteiger partial charge is 0.459 e. The third kappa shape index (κ3) is 1.85. The van der Waals surface area contributed by atoms with Gasteiger partial charge >= 0.3 is 11.4 Å². The van der Waals surface area contributed by atoms with Crippen LogP contribution < -0.4 is 0 Å². The van der Waals surface area contributed by atoms with Gasteiger partial charge in [0.2, 0.25) is 0 Å². The van der Waals surface area contributed by atoms with E-state index in [0.29, 0.717) is 0 Å². The minimum atomic E-state index is -5.27. The fraction of sp³-hybridized carbons (Fsp3) is 1.00. The highest BCUT2D eigenvalue weighted by atomic mass is 35.5. The molecule has 0 spiro atoms. The zero-order valence-corrected chi connectivity index (χ0v) is 4.08. The minimum absolute atomic E-state index is 3.72. The predicted molar refractivity (Wildman–Crippen MR) is 16.0 cm³/mol. The number of alkyl halides is 4. The zero-order valence-electron chi connectivity index (χ0n) is 3.33. The summed E-state index contributed by atoms with van der Waals surface area (Å²) >= 11 is 3.72. The molecule has 6 heteroatoms. The summed E-state index contributed by atoms with van der Waals surface area (Å²) in [6.07, 6.45) is -5.27. The molecule has 0 aromatic heterocycles. The Kier molecular flexibility index (Phi) is 1.75. The van der Waals surface area contributed by atoms with Crippen LogP contribution in [0.5, 0.6) is 0 Å². The van der Waals surface area contributed by atoms with E-state index in [1.807, 2.05) is 0 Å². The predicted octanol–water partition coefficient (Wildman–Crippen LogP) is 1.30. The summed E-state index contributed by atoms with van der Waals surface area (Å²) in [5.74, 6) is 0. The molecule has 8 heavy (non-hydrogen) atoms. The van der Waals surface area contributed by atoms with Crippen LogP contribution in [0.2, 0.25) is 0 Å². The molecule has 0 saturated heterocycles. The molecule has 0 rings (SSSR count). The minimum Gasteiger partial charge on any atom is -0.180 e. The van der Waals surface area contributed by atoms with Crippen molar-refractivity contribution >= 4 is 11.6 Å². The lowest BCUT2D eigenvalue weighted by atomic mass is 10.6. The van der Waals surface area contributed by atoms with Gasteiger partial charge in [-0.1, -0.05) is 0 Å². The van der Waals surface area contributed by atoms with Crippen molar-refractivity contribution in [1.82, 2.24) is 0 Å². The van der Waals surface area contributed by atoms with Crippen molar-refractivity contribution in [1.29, 1.82) is 0 Å². The molecular formula is C2ClF3O2. The Hall–Kier alpha value is -0.0000000000000000555. The molecule has 0 N–H and O–H groups in total. The Morgan fingerprint density at radius 1 is 1.12 bits per heavy atom. The molecule has 0 aromatic carbocycles. The fourth-order valence-electron chi connectivity index (χ4n) is 0. The lowest BCUT2D eigenvalue weighted by Crippen LogP contribution is -2.36. The van der Waals surface area contributed by atoms with Crippen LogP contribution in [0, 0.1) is 0 Å². The molecule has 1 atom stereocenters. The normalized spacial score (nSPS) is 20.2. The third-order valence-electron chi connectivity index (χ3n) is 0.339. The lowest BCUT2D eigenvalue weighted by Gasteiger charge is -2.10. The summed E-state index contributed by atoms with van der Waals surface area (Å²) < 4.78 is 32.8. The van der Waals surface area contributed by atoms with Crippen LogP contribution in [0.15, 0.2) is 0 Å². The Morgan fingerprint density at radius 3 is 1.25 bits per heavy atom. The number of hydrogen-bond acceptors (Lipinski definition) is 0. The van der Waals surface area contributed by atoms with Crippen LogP contribution in [0.1, 0.15) is 0 Å². The van der Waals surface area contributed by atoms with Gasteiger partial charge in [0.1, 0.15) is 0 Å². The number of halogens is 4. The monoisotopic (exact) mass is 148 g/mol. The maximum Gasteiger partial charge on any atom is 0.459 e. The van der Waals surface area contributed by atoms with E-state index in [9.17, 15) is 13.2 Å². The summed E-state index contributed by atoms with van der Waals surface area (Å²) in [6.45, 7) is 0. The highest BCUT2D eigenvalue weighted by Crippen LogP contribution is 2.31. The molecule has 0 aliphatic carbocycles. The molecule has 0 aromatic rings. The molecule has 48 valence electrons. The molecule has 0 saturated carbocycles. The maximum absolute atomic E-state index is 11.0. The van der Waals surface area contributed by atoms with Gasteiger partial charge in [-0.15, -0.1) is 5.11 Å². The Labute approximate surface area is 47.5 Å². The second-order valence-electron chi connectivity index (χ2n) is 1.03. The van der Waals surface area contributed by atoms with Crippen molar-refractivity contribution in [2.75, 3.05) is 0 Å². The summed E-state index contributed by atoms with van der Waals surface area (Å²) in [6, 6.07) is 0. The van der Waals surface area contributed by atoms with Gasteiger partial charge in [0.25, 0.3) is 0 Å². The summed E-state index contributed by atoms with van der Waals surface area (Å²) in [7, 11) is 0. The number of hydrogen-bond donors (Lipinski definition) is 0. The van der Waals surface area contributed by atoms with E-state index in [0.717, 1.165) is 0 Å². The van der Waals surface area contributed by atoms with E-state index < -0.39 is 11.4 Å². The van der Waals surface area contributed by atoms with Gasteiger partial charge in [-0.2, -0.15) is 18.3 Å². The van der Waals surface area contributed by atoms with Crippen LogP contribution in [0.3, 0.4) is 0 Å². The summed E-state index contributed by atoms with van der Waals surface area (Å²) in [5.41, 5.74) is 0. The summed E-state index contributed by atoms with van der Waals surface area (Å²) in [4.78, 5) is 0. The van der Waals surface area contributed by atoms with Gasteiger partial charge in [0.05, 0.1) is 0 Å². The van der Waals surface area contributed by atoms with E-state index in [4.69, 9.17) is 10.2 Å². The van der Waals surface area contributed by atoms with E-state index >= 15 is 0 Å². The smallest absolute Gasteiger partial charge is 0.180 e. The first-order chi connectivity index (χ1) is 3.25. The first-order valence-electron chi connectivity index (χ1n) is 1.41. The summed E-state index contributed by atoms with van der Waals surface area (Å²) in [5, 5.41) is 13.4.